The van der Waals surface area contributed by atoms with Crippen molar-refractivity contribution in [3.05, 3.63) is 24.2 Å². The average Bonchev–Trinajstić information content (AvgIpc) is 2.59. The zero-order valence-electron chi connectivity index (χ0n) is 7.28. The number of nitrogens with one attached hydrogen (secondary N) is 1. The molecule has 2 aromatic heterocycles. The van der Waals surface area contributed by atoms with E-state index in [2.05, 4.69) is 15.5 Å². The molecule has 0 saturated carbocycles. The summed E-state index contributed by atoms with van der Waals surface area (Å²) in [6, 6.07) is 2.28. The Balaban J connectivity index is 2.56. The first kappa shape index (κ1) is 9.71. The van der Waals surface area contributed by atoms with E-state index in [0.29, 0.717) is 0 Å². The topological polar surface area (TPSA) is 68.2 Å². The number of alkyl halides is 3. The molecule has 0 fully saturated rings. The fourth-order valence-corrected chi connectivity index (χ4v) is 1.12. The predicted octanol–water partition coefficient (Wildman–Crippen LogP) is 1.03. The Morgan fingerprint density at radius 2 is 2.07 bits per heavy atom. The highest BCUT2D eigenvalue weighted by molar-refractivity contribution is 5.54. The van der Waals surface area contributed by atoms with Gasteiger partial charge in [0.05, 0.1) is 5.52 Å². The predicted molar refractivity (Wildman–Crippen MR) is 45.8 cm³/mol. The van der Waals surface area contributed by atoms with Crippen LogP contribution in [0.25, 0.3) is 5.52 Å². The molecule has 0 radical (unpaired) electrons. The van der Waals surface area contributed by atoms with Crippen LogP contribution in [-0.2, 0) is 6.18 Å². The standard InChI is InChI=1S/C7H6F3N5/c8-7(9,10)5-1-4-2-6(13-11)12-3-15(4)14-5/h1-3,13H,11H2. The third-order valence-electron chi connectivity index (χ3n) is 1.79. The average molecular weight is 217 g/mol. The minimum Gasteiger partial charge on any atom is -0.308 e. The van der Waals surface area contributed by atoms with E-state index in [9.17, 15) is 13.2 Å². The van der Waals surface area contributed by atoms with Gasteiger partial charge in [0.15, 0.2) is 5.69 Å². The molecule has 8 heteroatoms. The number of nitrogen functional groups attached to an aromatic ring is 1. The highest BCUT2D eigenvalue weighted by Gasteiger charge is 2.34. The summed E-state index contributed by atoms with van der Waals surface area (Å²) in [5.41, 5.74) is 1.54. The zero-order valence-corrected chi connectivity index (χ0v) is 7.28. The SMILES string of the molecule is NNc1cc2cc(C(F)(F)F)nn2cn1. The maximum absolute atomic E-state index is 12.3. The van der Waals surface area contributed by atoms with Gasteiger partial charge in [-0.2, -0.15) is 18.3 Å². The molecule has 0 spiro atoms. The van der Waals surface area contributed by atoms with Crippen LogP contribution in [0.15, 0.2) is 18.5 Å². The van der Waals surface area contributed by atoms with Crippen molar-refractivity contribution in [2.45, 2.75) is 6.18 Å². The second-order valence-corrected chi connectivity index (χ2v) is 2.82. The molecular formula is C7H6F3N5. The van der Waals surface area contributed by atoms with Crippen molar-refractivity contribution < 1.29 is 13.2 Å². The third-order valence-corrected chi connectivity index (χ3v) is 1.79. The van der Waals surface area contributed by atoms with Gasteiger partial charge in [0, 0.05) is 6.07 Å². The van der Waals surface area contributed by atoms with Gasteiger partial charge in [0.1, 0.15) is 12.1 Å². The Hall–Kier alpha value is -1.83. The molecule has 0 unspecified atom stereocenters. The number of nitrogens with zero attached hydrogens (tertiary/aromatic N) is 3. The van der Waals surface area contributed by atoms with Crippen molar-refractivity contribution in [1.29, 1.82) is 0 Å². The van der Waals surface area contributed by atoms with Crippen molar-refractivity contribution in [1.82, 2.24) is 14.6 Å². The van der Waals surface area contributed by atoms with E-state index in [1.807, 2.05) is 0 Å². The molecule has 0 aromatic carbocycles. The zero-order chi connectivity index (χ0) is 11.1. The summed E-state index contributed by atoms with van der Waals surface area (Å²) in [5, 5.41) is 3.32. The molecule has 5 nitrogen and oxygen atoms in total. The van der Waals surface area contributed by atoms with E-state index in [1.54, 1.807) is 0 Å². The summed E-state index contributed by atoms with van der Waals surface area (Å²) in [5.74, 6) is 5.34. The number of anilines is 1. The van der Waals surface area contributed by atoms with Gasteiger partial charge in [-0.15, -0.1) is 0 Å². The van der Waals surface area contributed by atoms with E-state index in [4.69, 9.17) is 5.84 Å². The van der Waals surface area contributed by atoms with Crippen LogP contribution in [0.1, 0.15) is 5.69 Å². The van der Waals surface area contributed by atoms with E-state index >= 15 is 0 Å². The lowest BCUT2D eigenvalue weighted by atomic mass is 10.4. The molecule has 0 amide bonds. The number of nitrogens with two attached hydrogens (primary N) is 1. The van der Waals surface area contributed by atoms with Crippen LogP contribution >= 0.6 is 0 Å². The number of aromatic nitrogens is 3. The lowest BCUT2D eigenvalue weighted by Crippen LogP contribution is -2.09. The molecule has 2 aromatic rings. The summed E-state index contributed by atoms with van der Waals surface area (Å²) in [4.78, 5) is 3.72. The van der Waals surface area contributed by atoms with Crippen LogP contribution < -0.4 is 11.3 Å². The lowest BCUT2D eigenvalue weighted by Gasteiger charge is -1.98. The quantitative estimate of drug-likeness (QED) is 0.553. The van der Waals surface area contributed by atoms with Crippen molar-refractivity contribution in [2.75, 3.05) is 5.43 Å². The first-order valence-corrected chi connectivity index (χ1v) is 3.90. The molecule has 0 aliphatic heterocycles. The highest BCUT2D eigenvalue weighted by atomic mass is 19.4. The van der Waals surface area contributed by atoms with Crippen molar-refractivity contribution in [2.24, 2.45) is 5.84 Å². The van der Waals surface area contributed by atoms with Crippen LogP contribution in [0.5, 0.6) is 0 Å². The number of halogens is 3. The maximum Gasteiger partial charge on any atom is 0.435 e. The normalized spacial score (nSPS) is 12.0. The van der Waals surface area contributed by atoms with E-state index < -0.39 is 11.9 Å². The molecule has 0 aliphatic carbocycles. The monoisotopic (exact) mass is 217 g/mol. The van der Waals surface area contributed by atoms with Crippen LogP contribution in [-0.4, -0.2) is 14.6 Å². The van der Waals surface area contributed by atoms with Gasteiger partial charge in [-0.1, -0.05) is 0 Å². The number of rotatable bonds is 1. The largest absolute Gasteiger partial charge is 0.435 e. The molecule has 2 heterocycles. The lowest BCUT2D eigenvalue weighted by molar-refractivity contribution is -0.141. The fraction of sp³-hybridized carbons (Fsp3) is 0.143. The molecule has 2 rings (SSSR count). The molecule has 0 saturated heterocycles. The molecule has 0 atom stereocenters. The Bertz CT molecular complexity index is 489. The van der Waals surface area contributed by atoms with Crippen LogP contribution in [0.4, 0.5) is 19.0 Å². The first-order chi connectivity index (χ1) is 7.00. The van der Waals surface area contributed by atoms with Gasteiger partial charge in [0.2, 0.25) is 0 Å². The van der Waals surface area contributed by atoms with Crippen molar-refractivity contribution in [3.8, 4) is 0 Å². The van der Waals surface area contributed by atoms with E-state index in [1.165, 1.54) is 6.07 Å². The van der Waals surface area contributed by atoms with Gasteiger partial charge in [-0.3, -0.25) is 0 Å². The van der Waals surface area contributed by atoms with Gasteiger partial charge in [-0.05, 0) is 6.07 Å². The van der Waals surface area contributed by atoms with Crippen LogP contribution in [0.3, 0.4) is 0 Å². The van der Waals surface area contributed by atoms with Gasteiger partial charge >= 0.3 is 6.18 Å². The Labute approximate surface area is 81.7 Å². The van der Waals surface area contributed by atoms with Crippen molar-refractivity contribution >= 4 is 11.3 Å². The Morgan fingerprint density at radius 3 is 2.67 bits per heavy atom. The Morgan fingerprint density at radius 1 is 1.33 bits per heavy atom. The Kier molecular flexibility index (Phi) is 2.00. The summed E-state index contributed by atoms with van der Waals surface area (Å²) in [6.45, 7) is 0. The van der Waals surface area contributed by atoms with Crippen LogP contribution in [0, 0.1) is 0 Å². The second kappa shape index (κ2) is 3.09. The fourth-order valence-electron chi connectivity index (χ4n) is 1.12. The molecular weight excluding hydrogens is 211 g/mol. The van der Waals surface area contributed by atoms with Crippen molar-refractivity contribution in [3.63, 3.8) is 0 Å². The molecule has 3 N–H and O–H groups in total. The summed E-state index contributed by atoms with van der Waals surface area (Å²) < 4.78 is 37.8. The molecule has 15 heavy (non-hydrogen) atoms. The third kappa shape index (κ3) is 1.71. The molecule has 0 aliphatic rings. The second-order valence-electron chi connectivity index (χ2n) is 2.82. The van der Waals surface area contributed by atoms with Crippen LogP contribution in [0.2, 0.25) is 0 Å². The number of hydrazine groups is 1. The molecule has 80 valence electrons. The smallest absolute Gasteiger partial charge is 0.308 e. The van der Waals surface area contributed by atoms with Gasteiger partial charge < -0.3 is 5.43 Å². The first-order valence-electron chi connectivity index (χ1n) is 3.90. The van der Waals surface area contributed by atoms with E-state index in [0.717, 1.165) is 16.9 Å². The molecule has 0 bridgehead atoms. The maximum atomic E-state index is 12.3. The van der Waals surface area contributed by atoms with Gasteiger partial charge in [0.25, 0.3) is 0 Å². The minimum absolute atomic E-state index is 0.269. The van der Waals surface area contributed by atoms with Gasteiger partial charge in [-0.25, -0.2) is 15.3 Å². The van der Waals surface area contributed by atoms with E-state index in [-0.39, 0.29) is 11.3 Å². The summed E-state index contributed by atoms with van der Waals surface area (Å²) in [7, 11) is 0. The number of hydrogen-bond acceptors (Lipinski definition) is 4. The highest BCUT2D eigenvalue weighted by Crippen LogP contribution is 2.28. The summed E-state index contributed by atoms with van der Waals surface area (Å²) >= 11 is 0. The summed E-state index contributed by atoms with van der Waals surface area (Å²) in [6.07, 6.45) is -3.30. The number of fused-ring (bicyclic) bond motifs is 1. The number of hydrogen-bond donors (Lipinski definition) is 2. The minimum atomic E-state index is -4.46.